The minimum absolute atomic E-state index is 0.0486. The zero-order valence-corrected chi connectivity index (χ0v) is 34.3. The van der Waals surface area contributed by atoms with Crippen LogP contribution in [0, 0.1) is 5.92 Å². The fraction of sp³-hybridized carbons (Fsp3) is 0.457. The van der Waals surface area contributed by atoms with Crippen LogP contribution in [0.3, 0.4) is 0 Å². The number of anilines is 1. The quantitative estimate of drug-likeness (QED) is 0.131. The summed E-state index contributed by atoms with van der Waals surface area (Å²) in [7, 11) is 4.27. The molecule has 1 unspecified atom stereocenters. The maximum absolute atomic E-state index is 14.1. The van der Waals surface area contributed by atoms with Crippen LogP contribution in [0.1, 0.15) is 78.9 Å². The fourth-order valence-electron chi connectivity index (χ4n) is 8.77. The van der Waals surface area contributed by atoms with Gasteiger partial charge in [0.2, 0.25) is 5.91 Å². The van der Waals surface area contributed by atoms with Crippen molar-refractivity contribution in [1.82, 2.24) is 29.7 Å². The topological polar surface area (TPSA) is 124 Å². The van der Waals surface area contributed by atoms with Crippen LogP contribution in [0.4, 0.5) is 5.69 Å². The van der Waals surface area contributed by atoms with Crippen molar-refractivity contribution >= 4 is 50.9 Å². The maximum atomic E-state index is 14.1. The van der Waals surface area contributed by atoms with Gasteiger partial charge in [0.25, 0.3) is 11.5 Å². The molecule has 4 heterocycles. The first-order chi connectivity index (χ1) is 28.0. The number of piperidine rings is 2. The van der Waals surface area contributed by atoms with Crippen LogP contribution in [0.25, 0.3) is 21.8 Å². The van der Waals surface area contributed by atoms with Crippen molar-refractivity contribution < 1.29 is 14.7 Å². The highest BCUT2D eigenvalue weighted by Crippen LogP contribution is 2.41. The number of fused-ring (bicyclic) bond motifs is 2. The molecule has 2 N–H and O–H groups in total. The number of aromatic nitrogens is 3. The molecule has 1 aliphatic carbocycles. The number of amides is 2. The van der Waals surface area contributed by atoms with E-state index in [1.165, 1.54) is 4.57 Å². The number of rotatable bonds is 13. The summed E-state index contributed by atoms with van der Waals surface area (Å²) in [4.78, 5) is 56.9. The molecule has 0 spiro atoms. The molecule has 2 saturated heterocycles. The van der Waals surface area contributed by atoms with E-state index in [1.807, 2.05) is 65.6 Å². The normalized spacial score (nSPS) is 17.9. The van der Waals surface area contributed by atoms with E-state index in [4.69, 9.17) is 16.6 Å². The monoisotopic (exact) mass is 803 g/mol. The van der Waals surface area contributed by atoms with Crippen LogP contribution >= 0.6 is 11.6 Å². The standard InChI is InChI=1S/C46H54ClN7O4/c1-51(2)35-16-21-52(22-17-35)36-13-15-38-41(27-36)49-30-54(45(38)57)29-46(58)18-23-53(24-19-46)44(56)34(25-31-7-4-3-5-8-31)9-6-20-48-43(55)33-12-14-37-39(47)28-40(32-10-11-32)50-42(37)26-33/h3-5,7-8,12-15,26-28,30,32,34-35,58H,6,9-11,16-25,29H2,1-2H3,(H,48,55). The highest BCUT2D eigenvalue weighted by molar-refractivity contribution is 6.35. The second kappa shape index (κ2) is 17.2. The lowest BCUT2D eigenvalue weighted by Gasteiger charge is -2.39. The Hall–Kier alpha value is -4.84. The van der Waals surface area contributed by atoms with Gasteiger partial charge in [-0.05, 0) is 114 Å². The second-order valence-corrected chi connectivity index (χ2v) is 17.3. The van der Waals surface area contributed by atoms with Crippen LogP contribution in [0.5, 0.6) is 0 Å². The van der Waals surface area contributed by atoms with E-state index < -0.39 is 5.60 Å². The Balaban J connectivity index is 0.868. The Morgan fingerprint density at radius 1 is 0.931 bits per heavy atom. The van der Waals surface area contributed by atoms with E-state index in [2.05, 4.69) is 34.2 Å². The van der Waals surface area contributed by atoms with Gasteiger partial charge in [-0.1, -0.05) is 48.0 Å². The largest absolute Gasteiger partial charge is 0.388 e. The molecule has 2 amide bonds. The number of carbonyl (C=O) groups excluding carboxylic acids is 2. The number of nitrogens with one attached hydrogen (secondary N) is 1. The van der Waals surface area contributed by atoms with Gasteiger partial charge in [-0.15, -0.1) is 0 Å². The number of halogens is 1. The van der Waals surface area contributed by atoms with Gasteiger partial charge in [-0.2, -0.15) is 0 Å². The van der Waals surface area contributed by atoms with E-state index in [-0.39, 0.29) is 29.8 Å². The average Bonchev–Trinajstić information content (AvgIpc) is 4.09. The smallest absolute Gasteiger partial charge is 0.261 e. The molecule has 3 aliphatic rings. The molecule has 0 bridgehead atoms. The zero-order valence-electron chi connectivity index (χ0n) is 33.6. The minimum atomic E-state index is -1.14. The van der Waals surface area contributed by atoms with E-state index in [0.29, 0.717) is 85.2 Å². The Kier molecular flexibility index (Phi) is 11.8. The third-order valence-electron chi connectivity index (χ3n) is 12.6. The van der Waals surface area contributed by atoms with Gasteiger partial charge in [0, 0.05) is 72.9 Å². The van der Waals surface area contributed by atoms with Crippen molar-refractivity contribution in [2.24, 2.45) is 5.92 Å². The van der Waals surface area contributed by atoms with Gasteiger partial charge in [-0.25, -0.2) is 4.98 Å². The molecule has 0 radical (unpaired) electrons. The molecule has 12 heteroatoms. The lowest BCUT2D eigenvalue weighted by atomic mass is 9.88. The molecule has 1 atom stereocenters. The lowest BCUT2D eigenvalue weighted by Crippen LogP contribution is -2.51. The highest BCUT2D eigenvalue weighted by atomic mass is 35.5. The third-order valence-corrected chi connectivity index (χ3v) is 12.9. The van der Waals surface area contributed by atoms with Crippen molar-refractivity contribution in [1.29, 1.82) is 0 Å². The van der Waals surface area contributed by atoms with Crippen LogP contribution in [0.2, 0.25) is 5.02 Å². The first kappa shape index (κ1) is 40.0. The number of carbonyl (C=O) groups is 2. The molecule has 304 valence electrons. The van der Waals surface area contributed by atoms with E-state index in [1.54, 1.807) is 18.5 Å². The number of hydrogen-bond acceptors (Lipinski definition) is 8. The molecule has 2 aromatic heterocycles. The highest BCUT2D eigenvalue weighted by Gasteiger charge is 2.36. The van der Waals surface area contributed by atoms with E-state index in [0.717, 1.165) is 66.6 Å². The van der Waals surface area contributed by atoms with Gasteiger partial charge in [0.05, 0.1) is 39.9 Å². The molecule has 58 heavy (non-hydrogen) atoms. The van der Waals surface area contributed by atoms with Crippen LogP contribution in [-0.2, 0) is 17.8 Å². The van der Waals surface area contributed by atoms with Gasteiger partial charge in [0.15, 0.2) is 0 Å². The predicted molar refractivity (Wildman–Crippen MR) is 230 cm³/mol. The summed E-state index contributed by atoms with van der Waals surface area (Å²) >= 11 is 6.54. The number of pyridine rings is 1. The first-order valence-corrected chi connectivity index (χ1v) is 21.3. The van der Waals surface area contributed by atoms with Gasteiger partial charge < -0.3 is 25.1 Å². The minimum Gasteiger partial charge on any atom is -0.388 e. The van der Waals surface area contributed by atoms with Crippen LogP contribution < -0.4 is 15.8 Å². The average molecular weight is 804 g/mol. The van der Waals surface area contributed by atoms with Gasteiger partial charge in [0.1, 0.15) is 0 Å². The van der Waals surface area contributed by atoms with Crippen LogP contribution in [-0.4, -0.2) is 99.7 Å². The van der Waals surface area contributed by atoms with E-state index >= 15 is 0 Å². The summed E-state index contributed by atoms with van der Waals surface area (Å²) in [6, 6.07) is 23.8. The van der Waals surface area contributed by atoms with Crippen molar-refractivity contribution in [3.8, 4) is 0 Å². The molecule has 2 aliphatic heterocycles. The zero-order chi connectivity index (χ0) is 40.4. The maximum Gasteiger partial charge on any atom is 0.261 e. The second-order valence-electron chi connectivity index (χ2n) is 16.9. The number of hydrogen-bond donors (Lipinski definition) is 2. The summed E-state index contributed by atoms with van der Waals surface area (Å²) in [5.41, 5.74) is 3.74. The summed E-state index contributed by atoms with van der Waals surface area (Å²) < 4.78 is 1.52. The Labute approximate surface area is 345 Å². The Morgan fingerprint density at radius 3 is 2.40 bits per heavy atom. The van der Waals surface area contributed by atoms with Gasteiger partial charge in [-0.3, -0.25) is 23.9 Å². The molecule has 11 nitrogen and oxygen atoms in total. The van der Waals surface area contributed by atoms with Crippen molar-refractivity contribution in [2.45, 2.75) is 81.9 Å². The summed E-state index contributed by atoms with van der Waals surface area (Å²) in [6.45, 7) is 3.26. The number of nitrogens with zero attached hydrogens (tertiary/aromatic N) is 6. The number of aliphatic hydroxyl groups is 1. The lowest BCUT2D eigenvalue weighted by molar-refractivity contribution is -0.140. The number of likely N-dealkylation sites (tertiary alicyclic amines) is 1. The van der Waals surface area contributed by atoms with Crippen molar-refractivity contribution in [2.75, 3.05) is 51.7 Å². The van der Waals surface area contributed by atoms with E-state index in [9.17, 15) is 19.5 Å². The molecular formula is C46H54ClN7O4. The van der Waals surface area contributed by atoms with Gasteiger partial charge >= 0.3 is 0 Å². The molecule has 1 saturated carbocycles. The Bertz CT molecular complexity index is 2330. The summed E-state index contributed by atoms with van der Waals surface area (Å²) in [6.07, 6.45) is 8.50. The third kappa shape index (κ3) is 9.07. The SMILES string of the molecule is CN(C)C1CCN(c2ccc3c(=O)n(CC4(O)CCN(C(=O)C(CCCNC(=O)c5ccc6c(Cl)cc(C7CC7)nc6c5)Cc5ccccc5)CC4)cnc3c2)CC1. The molecule has 3 aromatic carbocycles. The van der Waals surface area contributed by atoms with Crippen LogP contribution in [0.15, 0.2) is 83.9 Å². The molecule has 8 rings (SSSR count). The molecule has 3 fully saturated rings. The molecule has 5 aromatic rings. The Morgan fingerprint density at radius 2 is 1.67 bits per heavy atom. The van der Waals surface area contributed by atoms with Crippen molar-refractivity contribution in [3.05, 3.63) is 111 Å². The molecular weight excluding hydrogens is 750 g/mol. The number of benzene rings is 3. The predicted octanol–water partition coefficient (Wildman–Crippen LogP) is 6.43. The summed E-state index contributed by atoms with van der Waals surface area (Å²) in [5.74, 6) is 0.0404. The fourth-order valence-corrected chi connectivity index (χ4v) is 9.04. The summed E-state index contributed by atoms with van der Waals surface area (Å²) in [5, 5.41) is 16.8. The first-order valence-electron chi connectivity index (χ1n) is 20.9. The van der Waals surface area contributed by atoms with Crippen molar-refractivity contribution in [3.63, 3.8) is 0 Å².